The topological polar surface area (TPSA) is 30.9 Å². The summed E-state index contributed by atoms with van der Waals surface area (Å²) in [7, 11) is 1.93. The lowest BCUT2D eigenvalue weighted by molar-refractivity contribution is 0.203. The van der Waals surface area contributed by atoms with E-state index >= 15 is 0 Å². The summed E-state index contributed by atoms with van der Waals surface area (Å²) in [5, 5.41) is 3.60. The van der Waals surface area contributed by atoms with Crippen molar-refractivity contribution in [2.24, 2.45) is 10.4 Å². The lowest BCUT2D eigenvalue weighted by Crippen LogP contribution is -2.42. The Kier molecular flexibility index (Phi) is 7.68. The Hall–Kier alpha value is -0.770. The van der Waals surface area contributed by atoms with Crippen molar-refractivity contribution in [3.05, 3.63) is 0 Å². The standard InChI is InChI=1S/C19H38N4/c1-4-22(5-2)15-10-9-14-21-18(20-3)23-16-13-19(17-23)11-7-6-8-12-19/h4-17H2,1-3H3,(H,20,21). The minimum absolute atomic E-state index is 0.610. The van der Waals surface area contributed by atoms with Crippen LogP contribution < -0.4 is 5.32 Å². The van der Waals surface area contributed by atoms with E-state index in [9.17, 15) is 0 Å². The van der Waals surface area contributed by atoms with Crippen molar-refractivity contribution in [2.45, 2.75) is 65.2 Å². The van der Waals surface area contributed by atoms with Crippen LogP contribution in [0.1, 0.15) is 65.2 Å². The summed E-state index contributed by atoms with van der Waals surface area (Å²) in [4.78, 5) is 9.55. The first-order chi connectivity index (χ1) is 11.2. The van der Waals surface area contributed by atoms with Crippen molar-refractivity contribution in [3.8, 4) is 0 Å². The number of unbranched alkanes of at least 4 members (excludes halogenated alkanes) is 1. The van der Waals surface area contributed by atoms with Gasteiger partial charge in [0.05, 0.1) is 0 Å². The number of nitrogens with zero attached hydrogens (tertiary/aromatic N) is 3. The SMILES string of the molecule is CCN(CC)CCCCNC(=NC)N1CCC2(CCCCC2)C1. The fraction of sp³-hybridized carbons (Fsp3) is 0.947. The van der Waals surface area contributed by atoms with E-state index in [1.54, 1.807) is 0 Å². The third-order valence-electron chi connectivity index (χ3n) is 5.94. The summed E-state index contributed by atoms with van der Waals surface area (Å²) in [6, 6.07) is 0. The van der Waals surface area contributed by atoms with Gasteiger partial charge in [-0.05, 0) is 57.2 Å². The van der Waals surface area contributed by atoms with Gasteiger partial charge in [-0.3, -0.25) is 4.99 Å². The molecule has 2 fully saturated rings. The Morgan fingerprint density at radius 3 is 2.48 bits per heavy atom. The maximum absolute atomic E-state index is 4.53. The van der Waals surface area contributed by atoms with Gasteiger partial charge in [0.2, 0.25) is 0 Å². The maximum Gasteiger partial charge on any atom is 0.193 e. The minimum Gasteiger partial charge on any atom is -0.356 e. The summed E-state index contributed by atoms with van der Waals surface area (Å²) in [5.74, 6) is 1.13. The lowest BCUT2D eigenvalue weighted by Gasteiger charge is -2.33. The molecule has 0 atom stereocenters. The van der Waals surface area contributed by atoms with Crippen LogP contribution >= 0.6 is 0 Å². The van der Waals surface area contributed by atoms with E-state index in [-0.39, 0.29) is 0 Å². The van der Waals surface area contributed by atoms with E-state index in [0.717, 1.165) is 12.5 Å². The highest BCUT2D eigenvalue weighted by atomic mass is 15.3. The molecule has 2 aliphatic rings. The molecule has 0 aromatic carbocycles. The quantitative estimate of drug-likeness (QED) is 0.443. The molecule has 4 heteroatoms. The van der Waals surface area contributed by atoms with Crippen LogP contribution in [0.25, 0.3) is 0 Å². The summed E-state index contributed by atoms with van der Waals surface area (Å²) in [6.45, 7) is 11.5. The molecular weight excluding hydrogens is 284 g/mol. The number of guanidine groups is 1. The second kappa shape index (κ2) is 9.51. The molecule has 0 unspecified atom stereocenters. The first kappa shape index (κ1) is 18.6. The molecule has 1 heterocycles. The fourth-order valence-electron chi connectivity index (χ4n) is 4.36. The van der Waals surface area contributed by atoms with Crippen LogP contribution in [0.4, 0.5) is 0 Å². The van der Waals surface area contributed by atoms with Crippen LogP contribution in [0, 0.1) is 5.41 Å². The molecule has 2 rings (SSSR count). The molecule has 1 spiro atoms. The molecule has 1 aliphatic carbocycles. The zero-order chi connectivity index (χ0) is 16.5. The monoisotopic (exact) mass is 322 g/mol. The predicted octanol–water partition coefficient (Wildman–Crippen LogP) is 3.34. The van der Waals surface area contributed by atoms with Gasteiger partial charge in [0, 0.05) is 26.7 Å². The number of likely N-dealkylation sites (tertiary alicyclic amines) is 1. The molecule has 4 nitrogen and oxygen atoms in total. The third-order valence-corrected chi connectivity index (χ3v) is 5.94. The van der Waals surface area contributed by atoms with E-state index < -0.39 is 0 Å². The van der Waals surface area contributed by atoms with Gasteiger partial charge in [-0.15, -0.1) is 0 Å². The molecule has 0 bridgehead atoms. The molecule has 1 N–H and O–H groups in total. The van der Waals surface area contributed by atoms with Crippen molar-refractivity contribution in [1.82, 2.24) is 15.1 Å². The summed E-state index contributed by atoms with van der Waals surface area (Å²) < 4.78 is 0. The summed E-state index contributed by atoms with van der Waals surface area (Å²) >= 11 is 0. The van der Waals surface area contributed by atoms with Crippen LogP contribution in [0.3, 0.4) is 0 Å². The van der Waals surface area contributed by atoms with Gasteiger partial charge in [0.15, 0.2) is 5.96 Å². The van der Waals surface area contributed by atoms with Gasteiger partial charge < -0.3 is 15.1 Å². The molecule has 0 radical (unpaired) electrons. The number of nitrogens with one attached hydrogen (secondary N) is 1. The lowest BCUT2D eigenvalue weighted by atomic mass is 9.73. The Labute approximate surface area is 143 Å². The molecule has 0 aromatic heterocycles. The average molecular weight is 323 g/mol. The number of rotatable bonds is 7. The average Bonchev–Trinajstić information content (AvgIpc) is 2.98. The van der Waals surface area contributed by atoms with Crippen molar-refractivity contribution in [3.63, 3.8) is 0 Å². The highest BCUT2D eigenvalue weighted by Crippen LogP contribution is 2.43. The van der Waals surface area contributed by atoms with Gasteiger partial charge >= 0.3 is 0 Å². The Morgan fingerprint density at radius 1 is 1.09 bits per heavy atom. The summed E-state index contributed by atoms with van der Waals surface area (Å²) in [6.07, 6.45) is 11.1. The van der Waals surface area contributed by atoms with E-state index in [2.05, 4.69) is 34.0 Å². The molecule has 1 saturated carbocycles. The van der Waals surface area contributed by atoms with Crippen LogP contribution in [0.2, 0.25) is 0 Å². The highest BCUT2D eigenvalue weighted by molar-refractivity contribution is 5.80. The smallest absolute Gasteiger partial charge is 0.193 e. The molecule has 134 valence electrons. The van der Waals surface area contributed by atoms with Gasteiger partial charge in [-0.2, -0.15) is 0 Å². The van der Waals surface area contributed by atoms with Crippen molar-refractivity contribution < 1.29 is 0 Å². The molecule has 1 saturated heterocycles. The molecule has 0 amide bonds. The van der Waals surface area contributed by atoms with Crippen molar-refractivity contribution in [2.75, 3.05) is 46.3 Å². The first-order valence-electron chi connectivity index (χ1n) is 9.91. The number of hydrogen-bond donors (Lipinski definition) is 1. The normalized spacial score (nSPS) is 21.4. The van der Waals surface area contributed by atoms with E-state index in [0.29, 0.717) is 5.41 Å². The van der Waals surface area contributed by atoms with Crippen molar-refractivity contribution in [1.29, 1.82) is 0 Å². The number of aliphatic imine (C=N–C) groups is 1. The Morgan fingerprint density at radius 2 is 1.83 bits per heavy atom. The van der Waals surface area contributed by atoms with Crippen LogP contribution in [-0.4, -0.2) is 62.1 Å². The largest absolute Gasteiger partial charge is 0.356 e. The van der Waals surface area contributed by atoms with Gasteiger partial charge in [0.1, 0.15) is 0 Å². The zero-order valence-electron chi connectivity index (χ0n) is 15.7. The van der Waals surface area contributed by atoms with Crippen LogP contribution in [0.5, 0.6) is 0 Å². The van der Waals surface area contributed by atoms with Gasteiger partial charge in [0.25, 0.3) is 0 Å². The van der Waals surface area contributed by atoms with Crippen LogP contribution in [0.15, 0.2) is 4.99 Å². The second-order valence-corrected chi connectivity index (χ2v) is 7.44. The Balaban J connectivity index is 1.68. The van der Waals surface area contributed by atoms with E-state index in [1.807, 2.05) is 7.05 Å². The highest BCUT2D eigenvalue weighted by Gasteiger charge is 2.39. The van der Waals surface area contributed by atoms with Gasteiger partial charge in [-0.25, -0.2) is 0 Å². The summed E-state index contributed by atoms with van der Waals surface area (Å²) in [5.41, 5.74) is 0.610. The zero-order valence-corrected chi connectivity index (χ0v) is 15.7. The number of hydrogen-bond acceptors (Lipinski definition) is 2. The molecular formula is C19H38N4. The maximum atomic E-state index is 4.53. The van der Waals surface area contributed by atoms with Crippen LogP contribution in [-0.2, 0) is 0 Å². The fourth-order valence-corrected chi connectivity index (χ4v) is 4.36. The molecule has 1 aliphatic heterocycles. The minimum atomic E-state index is 0.610. The Bertz CT molecular complexity index is 356. The predicted molar refractivity (Wildman–Crippen MR) is 100 cm³/mol. The second-order valence-electron chi connectivity index (χ2n) is 7.44. The third kappa shape index (κ3) is 5.37. The van der Waals surface area contributed by atoms with Gasteiger partial charge in [-0.1, -0.05) is 33.1 Å². The van der Waals surface area contributed by atoms with E-state index in [1.165, 1.54) is 84.1 Å². The van der Waals surface area contributed by atoms with E-state index in [4.69, 9.17) is 0 Å². The first-order valence-corrected chi connectivity index (χ1v) is 9.91. The molecule has 0 aromatic rings. The molecule has 23 heavy (non-hydrogen) atoms. The van der Waals surface area contributed by atoms with Crippen molar-refractivity contribution >= 4 is 5.96 Å².